The fraction of sp³-hybridized carbons (Fsp3) is 0.273. The van der Waals surface area contributed by atoms with Gasteiger partial charge in [-0.25, -0.2) is 4.79 Å². The van der Waals surface area contributed by atoms with E-state index < -0.39 is 11.8 Å². The van der Waals surface area contributed by atoms with Crippen LogP contribution in [0.2, 0.25) is 0 Å². The number of ketones is 1. The summed E-state index contributed by atoms with van der Waals surface area (Å²) in [5.74, 6) is -1.38. The van der Waals surface area contributed by atoms with Gasteiger partial charge in [-0.05, 0) is 19.9 Å². The highest BCUT2D eigenvalue weighted by molar-refractivity contribution is 6.40. The van der Waals surface area contributed by atoms with Crippen molar-refractivity contribution in [1.82, 2.24) is 0 Å². The van der Waals surface area contributed by atoms with E-state index in [2.05, 4.69) is 4.74 Å². The molecule has 0 fully saturated rings. The van der Waals surface area contributed by atoms with Crippen molar-refractivity contribution in [2.45, 2.75) is 13.8 Å². The van der Waals surface area contributed by atoms with E-state index in [0.29, 0.717) is 5.56 Å². The second-order valence-electron chi connectivity index (χ2n) is 2.92. The summed E-state index contributed by atoms with van der Waals surface area (Å²) in [6.07, 6.45) is 0. The lowest BCUT2D eigenvalue weighted by atomic mass is 10.1. The molecule has 0 saturated carbocycles. The highest BCUT2D eigenvalue weighted by atomic mass is 16.5. The van der Waals surface area contributed by atoms with Crippen molar-refractivity contribution in [3.63, 3.8) is 0 Å². The number of aryl methyl sites for hydroxylation is 1. The van der Waals surface area contributed by atoms with Crippen LogP contribution < -0.4 is 0 Å². The van der Waals surface area contributed by atoms with Gasteiger partial charge in [0.05, 0.1) is 6.61 Å². The minimum Gasteiger partial charge on any atom is -0.460 e. The van der Waals surface area contributed by atoms with E-state index in [1.165, 1.54) is 0 Å². The van der Waals surface area contributed by atoms with Crippen LogP contribution in [-0.2, 0) is 9.53 Å². The monoisotopic (exact) mass is 192 g/mol. The highest BCUT2D eigenvalue weighted by Crippen LogP contribution is 2.05. The third-order valence-corrected chi connectivity index (χ3v) is 1.74. The van der Waals surface area contributed by atoms with Crippen LogP contribution in [0.25, 0.3) is 0 Å². The molecule has 3 nitrogen and oxygen atoms in total. The number of carbonyl (C=O) groups excluding carboxylic acids is 2. The van der Waals surface area contributed by atoms with Gasteiger partial charge < -0.3 is 4.74 Å². The van der Waals surface area contributed by atoms with Gasteiger partial charge in [-0.1, -0.05) is 23.8 Å². The van der Waals surface area contributed by atoms with Crippen molar-refractivity contribution in [1.29, 1.82) is 0 Å². The van der Waals surface area contributed by atoms with Crippen molar-refractivity contribution in [3.8, 4) is 0 Å². The molecule has 0 amide bonds. The molecule has 0 radical (unpaired) electrons. The molecule has 0 atom stereocenters. The minimum absolute atomic E-state index is 0.219. The van der Waals surface area contributed by atoms with Crippen LogP contribution in [0, 0.1) is 6.92 Å². The number of ether oxygens (including phenoxy) is 1. The second-order valence-corrected chi connectivity index (χ2v) is 2.92. The second kappa shape index (κ2) is 4.56. The summed E-state index contributed by atoms with van der Waals surface area (Å²) in [4.78, 5) is 22.5. The van der Waals surface area contributed by atoms with E-state index in [-0.39, 0.29) is 6.61 Å². The van der Waals surface area contributed by atoms with E-state index in [4.69, 9.17) is 0 Å². The molecule has 0 aliphatic heterocycles. The van der Waals surface area contributed by atoms with E-state index in [1.54, 1.807) is 25.1 Å². The first-order chi connectivity index (χ1) is 6.65. The first kappa shape index (κ1) is 10.4. The van der Waals surface area contributed by atoms with Gasteiger partial charge in [0.1, 0.15) is 0 Å². The molecule has 0 aromatic heterocycles. The van der Waals surface area contributed by atoms with Gasteiger partial charge in [0.2, 0.25) is 0 Å². The Morgan fingerprint density at radius 3 is 2.64 bits per heavy atom. The third-order valence-electron chi connectivity index (χ3n) is 1.74. The third kappa shape index (κ3) is 2.42. The maximum Gasteiger partial charge on any atom is 0.379 e. The van der Waals surface area contributed by atoms with Gasteiger partial charge in [-0.3, -0.25) is 4.79 Å². The Bertz CT molecular complexity index is 355. The summed E-state index contributed by atoms with van der Waals surface area (Å²) >= 11 is 0. The van der Waals surface area contributed by atoms with Gasteiger partial charge in [0.15, 0.2) is 0 Å². The van der Waals surface area contributed by atoms with Crippen LogP contribution in [0.1, 0.15) is 22.8 Å². The molecule has 0 bridgehead atoms. The summed E-state index contributed by atoms with van der Waals surface area (Å²) in [5.41, 5.74) is 1.32. The molecule has 3 heteroatoms. The van der Waals surface area contributed by atoms with Crippen LogP contribution in [0.3, 0.4) is 0 Å². The van der Waals surface area contributed by atoms with Crippen molar-refractivity contribution >= 4 is 11.8 Å². The number of hydrogen-bond acceptors (Lipinski definition) is 3. The molecule has 74 valence electrons. The molecule has 0 aliphatic rings. The molecule has 1 aromatic rings. The van der Waals surface area contributed by atoms with Gasteiger partial charge in [0.25, 0.3) is 5.78 Å². The number of benzene rings is 1. The van der Waals surface area contributed by atoms with Gasteiger partial charge in [-0.2, -0.15) is 0 Å². The molecule has 14 heavy (non-hydrogen) atoms. The zero-order valence-corrected chi connectivity index (χ0v) is 8.24. The van der Waals surface area contributed by atoms with Gasteiger partial charge in [-0.15, -0.1) is 0 Å². The molecule has 0 saturated heterocycles. The van der Waals surface area contributed by atoms with Crippen molar-refractivity contribution in [3.05, 3.63) is 35.4 Å². The van der Waals surface area contributed by atoms with Crippen LogP contribution in [-0.4, -0.2) is 18.4 Å². The summed E-state index contributed by atoms with van der Waals surface area (Å²) in [7, 11) is 0. The van der Waals surface area contributed by atoms with Crippen LogP contribution in [0.5, 0.6) is 0 Å². The predicted molar refractivity (Wildman–Crippen MR) is 52.1 cm³/mol. The fourth-order valence-corrected chi connectivity index (χ4v) is 1.10. The Hall–Kier alpha value is -1.64. The number of hydrogen-bond donors (Lipinski definition) is 0. The number of Topliss-reactive ketones (excluding diaryl/α,β-unsaturated/α-hetero) is 1. The van der Waals surface area contributed by atoms with Gasteiger partial charge >= 0.3 is 5.97 Å². The molecule has 0 unspecified atom stereocenters. The van der Waals surface area contributed by atoms with Crippen molar-refractivity contribution in [2.24, 2.45) is 0 Å². The normalized spacial score (nSPS) is 9.57. The van der Waals surface area contributed by atoms with Crippen molar-refractivity contribution in [2.75, 3.05) is 6.61 Å². The largest absolute Gasteiger partial charge is 0.460 e. The highest BCUT2D eigenvalue weighted by Gasteiger charge is 2.16. The quantitative estimate of drug-likeness (QED) is 0.416. The maximum atomic E-state index is 11.4. The molecule has 0 spiro atoms. The number of esters is 1. The van der Waals surface area contributed by atoms with Crippen LogP contribution in [0.15, 0.2) is 24.3 Å². The predicted octanol–water partition coefficient (Wildman–Crippen LogP) is 1.74. The Kier molecular flexibility index (Phi) is 3.40. The molecular formula is C11H12O3. The Morgan fingerprint density at radius 1 is 1.36 bits per heavy atom. The summed E-state index contributed by atoms with van der Waals surface area (Å²) in [5, 5.41) is 0. The fourth-order valence-electron chi connectivity index (χ4n) is 1.10. The zero-order valence-electron chi connectivity index (χ0n) is 8.24. The maximum absolute atomic E-state index is 11.4. The average molecular weight is 192 g/mol. The Balaban J connectivity index is 2.84. The van der Waals surface area contributed by atoms with E-state index in [9.17, 15) is 9.59 Å². The summed E-state index contributed by atoms with van der Waals surface area (Å²) in [6, 6.07) is 6.87. The minimum atomic E-state index is -0.793. The molecule has 1 aromatic carbocycles. The summed E-state index contributed by atoms with van der Waals surface area (Å²) in [6.45, 7) is 3.75. The number of rotatable bonds is 3. The van der Waals surface area contributed by atoms with Gasteiger partial charge in [0, 0.05) is 5.56 Å². The lowest BCUT2D eigenvalue weighted by molar-refractivity contribution is -0.137. The van der Waals surface area contributed by atoms with Crippen LogP contribution in [0.4, 0.5) is 0 Å². The molecule has 0 N–H and O–H groups in total. The summed E-state index contributed by atoms with van der Waals surface area (Å²) < 4.78 is 4.61. The molecule has 0 aliphatic carbocycles. The van der Waals surface area contributed by atoms with Crippen molar-refractivity contribution < 1.29 is 14.3 Å². The molecule has 1 rings (SSSR count). The lowest BCUT2D eigenvalue weighted by Gasteiger charge is -2.01. The van der Waals surface area contributed by atoms with Crippen LogP contribution >= 0.6 is 0 Å². The Labute approximate surface area is 82.7 Å². The molecular weight excluding hydrogens is 180 g/mol. The lowest BCUT2D eigenvalue weighted by Crippen LogP contribution is -2.17. The first-order valence-electron chi connectivity index (χ1n) is 4.43. The zero-order chi connectivity index (χ0) is 10.6. The van der Waals surface area contributed by atoms with E-state index in [1.807, 2.05) is 13.0 Å². The molecule has 0 heterocycles. The standard InChI is InChI=1S/C11H12O3/c1-3-14-11(13)10(12)9-6-4-5-8(2)7-9/h4-7H,3H2,1-2H3. The average Bonchev–Trinajstić information content (AvgIpc) is 2.17. The van der Waals surface area contributed by atoms with E-state index >= 15 is 0 Å². The first-order valence-corrected chi connectivity index (χ1v) is 4.43. The Morgan fingerprint density at radius 2 is 2.07 bits per heavy atom. The van der Waals surface area contributed by atoms with E-state index in [0.717, 1.165) is 5.56 Å². The smallest absolute Gasteiger partial charge is 0.379 e. The topological polar surface area (TPSA) is 43.4 Å². The SMILES string of the molecule is CCOC(=O)C(=O)c1cccc(C)c1. The number of carbonyl (C=O) groups is 2.